The second-order valence-corrected chi connectivity index (χ2v) is 13.4. The first kappa shape index (κ1) is 30.6. The van der Waals surface area contributed by atoms with E-state index in [0.717, 1.165) is 59.4 Å². The highest BCUT2D eigenvalue weighted by atomic mass is 32.2. The molecule has 0 bridgehead atoms. The second kappa shape index (κ2) is 14.6. The normalized spacial score (nSPS) is 19.2. The van der Waals surface area contributed by atoms with Gasteiger partial charge in [-0.05, 0) is 68.1 Å². The molecule has 6 nitrogen and oxygen atoms in total. The van der Waals surface area contributed by atoms with Gasteiger partial charge in [0, 0.05) is 49.2 Å². The minimum absolute atomic E-state index is 0.0472. The molecule has 2 heterocycles. The molecule has 2 fully saturated rings. The van der Waals surface area contributed by atoms with Gasteiger partial charge < -0.3 is 15.1 Å². The van der Waals surface area contributed by atoms with E-state index in [-0.39, 0.29) is 11.8 Å². The van der Waals surface area contributed by atoms with E-state index >= 15 is 0 Å². The number of carbonyl (C=O) groups excluding carboxylic acids is 2. The van der Waals surface area contributed by atoms with Crippen molar-refractivity contribution in [2.75, 3.05) is 44.2 Å². The molecule has 1 saturated heterocycles. The molecule has 3 aromatic carbocycles. The fourth-order valence-electron chi connectivity index (χ4n) is 6.71. The Labute approximate surface area is 266 Å². The highest BCUT2D eigenvalue weighted by Crippen LogP contribution is 2.43. The predicted octanol–water partition coefficient (Wildman–Crippen LogP) is 6.75. The Balaban J connectivity index is 1.09. The average Bonchev–Trinajstić information content (AvgIpc) is 3.06. The van der Waals surface area contributed by atoms with Crippen molar-refractivity contribution in [2.45, 2.75) is 62.9 Å². The number of rotatable bonds is 9. The van der Waals surface area contributed by atoms with E-state index < -0.39 is 0 Å². The summed E-state index contributed by atoms with van der Waals surface area (Å²) in [7, 11) is 0. The van der Waals surface area contributed by atoms with Crippen LogP contribution in [0.25, 0.3) is 6.08 Å². The fraction of sp³-hybridized carbons (Fsp3) is 0.405. The van der Waals surface area contributed by atoms with Crippen molar-refractivity contribution in [2.24, 2.45) is 0 Å². The summed E-state index contributed by atoms with van der Waals surface area (Å²) < 4.78 is 0. The van der Waals surface area contributed by atoms with Gasteiger partial charge in [0.25, 0.3) is 11.8 Å². The van der Waals surface area contributed by atoms with Crippen molar-refractivity contribution < 1.29 is 9.59 Å². The third-order valence-electron chi connectivity index (χ3n) is 9.14. The van der Waals surface area contributed by atoms with Crippen molar-refractivity contribution in [3.05, 3.63) is 100.0 Å². The molecule has 0 unspecified atom stereocenters. The number of aryl methyl sites for hydroxylation is 1. The van der Waals surface area contributed by atoms with Gasteiger partial charge in [-0.25, -0.2) is 0 Å². The van der Waals surface area contributed by atoms with E-state index in [1.54, 1.807) is 0 Å². The van der Waals surface area contributed by atoms with E-state index in [1.165, 1.54) is 57.0 Å². The lowest BCUT2D eigenvalue weighted by Crippen LogP contribution is -2.51. The third kappa shape index (κ3) is 7.63. The third-order valence-corrected chi connectivity index (χ3v) is 10.2. The number of amides is 2. The Morgan fingerprint density at radius 3 is 2.50 bits per heavy atom. The van der Waals surface area contributed by atoms with E-state index in [0.29, 0.717) is 23.6 Å². The van der Waals surface area contributed by atoms with E-state index in [4.69, 9.17) is 0 Å². The second-order valence-electron chi connectivity index (χ2n) is 12.4. The standard InChI is InChI=1S/C37H44N4O2S/c1-28-10-8-13-30(24-28)27-41-33-26-31(16-17-34(33)44-35(37(41)43)25-29-11-4-2-5-12-29)36(42)38-18-9-19-39-20-22-40(23-21-39)32-14-6-3-7-15-32/h2,4-5,8,10-13,16-17,24-26,32H,3,6-7,9,14-15,18-23,27H2,1H3,(H,38,42). The van der Waals surface area contributed by atoms with Crippen LogP contribution in [0.2, 0.25) is 0 Å². The monoisotopic (exact) mass is 608 g/mol. The number of hydrogen-bond acceptors (Lipinski definition) is 5. The first-order chi connectivity index (χ1) is 21.5. The Kier molecular flexibility index (Phi) is 10.2. The Bertz CT molecular complexity index is 1480. The molecule has 230 valence electrons. The number of fused-ring (bicyclic) bond motifs is 1. The predicted molar refractivity (Wildman–Crippen MR) is 181 cm³/mol. The molecule has 6 rings (SSSR count). The van der Waals surface area contributed by atoms with Crippen molar-refractivity contribution in [3.8, 4) is 0 Å². The van der Waals surface area contributed by atoms with E-state index in [9.17, 15) is 9.59 Å². The lowest BCUT2D eigenvalue weighted by molar-refractivity contribution is -0.114. The largest absolute Gasteiger partial charge is 0.352 e. The molecule has 3 aromatic rings. The van der Waals surface area contributed by atoms with Gasteiger partial charge in [0.2, 0.25) is 0 Å². The lowest BCUT2D eigenvalue weighted by Gasteiger charge is -2.40. The van der Waals surface area contributed by atoms with E-state index in [2.05, 4.69) is 40.2 Å². The van der Waals surface area contributed by atoms with Crippen molar-refractivity contribution in [3.63, 3.8) is 0 Å². The summed E-state index contributed by atoms with van der Waals surface area (Å²) in [6.07, 6.45) is 9.82. The molecular formula is C37H44N4O2S. The molecule has 0 atom stereocenters. The number of benzene rings is 3. The van der Waals surface area contributed by atoms with Crippen LogP contribution < -0.4 is 10.2 Å². The molecular weight excluding hydrogens is 565 g/mol. The van der Waals surface area contributed by atoms with Crippen LogP contribution in [0.3, 0.4) is 0 Å². The van der Waals surface area contributed by atoms with E-state index in [1.807, 2.05) is 65.6 Å². The van der Waals surface area contributed by atoms with Crippen LogP contribution >= 0.6 is 11.8 Å². The number of thioether (sulfide) groups is 1. The Morgan fingerprint density at radius 1 is 0.932 bits per heavy atom. The van der Waals surface area contributed by atoms with Crippen LogP contribution in [-0.2, 0) is 11.3 Å². The Hall–Kier alpha value is -3.39. The number of piperazine rings is 1. The first-order valence-corrected chi connectivity index (χ1v) is 17.1. The van der Waals surface area contributed by atoms with Gasteiger partial charge in [-0.2, -0.15) is 0 Å². The summed E-state index contributed by atoms with van der Waals surface area (Å²) in [5.74, 6) is -0.137. The van der Waals surface area contributed by atoms with Crippen molar-refractivity contribution in [1.82, 2.24) is 15.1 Å². The highest BCUT2D eigenvalue weighted by Gasteiger charge is 2.30. The number of anilines is 1. The molecule has 1 N–H and O–H groups in total. The van der Waals surface area contributed by atoms with Crippen LogP contribution in [0.4, 0.5) is 5.69 Å². The van der Waals surface area contributed by atoms with Crippen molar-refractivity contribution >= 4 is 35.3 Å². The highest BCUT2D eigenvalue weighted by molar-refractivity contribution is 8.04. The van der Waals surface area contributed by atoms with Gasteiger partial charge in [0.05, 0.1) is 17.1 Å². The minimum atomic E-state index is -0.0894. The zero-order valence-electron chi connectivity index (χ0n) is 25.8. The van der Waals surface area contributed by atoms with Gasteiger partial charge in [-0.15, -0.1) is 0 Å². The molecule has 0 spiro atoms. The van der Waals surface area contributed by atoms with Gasteiger partial charge in [-0.1, -0.05) is 91.2 Å². The maximum atomic E-state index is 13.9. The molecule has 44 heavy (non-hydrogen) atoms. The molecule has 0 aromatic heterocycles. The molecule has 2 amide bonds. The van der Waals surface area contributed by atoms with Crippen LogP contribution in [0.15, 0.2) is 82.6 Å². The smallest absolute Gasteiger partial charge is 0.265 e. The van der Waals surface area contributed by atoms with Gasteiger partial charge in [0.15, 0.2) is 0 Å². The number of nitrogens with one attached hydrogen (secondary N) is 1. The summed E-state index contributed by atoms with van der Waals surface area (Å²) in [5.41, 5.74) is 4.58. The zero-order chi connectivity index (χ0) is 30.3. The van der Waals surface area contributed by atoms with Gasteiger partial charge >= 0.3 is 0 Å². The first-order valence-electron chi connectivity index (χ1n) is 16.2. The quantitative estimate of drug-likeness (QED) is 0.215. The van der Waals surface area contributed by atoms with Crippen LogP contribution in [0.5, 0.6) is 0 Å². The average molecular weight is 609 g/mol. The van der Waals surface area contributed by atoms with Crippen LogP contribution in [-0.4, -0.2) is 66.9 Å². The van der Waals surface area contributed by atoms with Crippen LogP contribution in [0.1, 0.15) is 65.6 Å². The Morgan fingerprint density at radius 2 is 1.73 bits per heavy atom. The number of hydrogen-bond donors (Lipinski definition) is 1. The molecule has 1 saturated carbocycles. The summed E-state index contributed by atoms with van der Waals surface area (Å²) in [6.45, 7) is 8.74. The maximum Gasteiger partial charge on any atom is 0.265 e. The molecule has 3 aliphatic rings. The summed E-state index contributed by atoms with van der Waals surface area (Å²) in [4.78, 5) is 35.8. The maximum absolute atomic E-state index is 13.9. The van der Waals surface area contributed by atoms with Gasteiger partial charge in [-0.3, -0.25) is 14.5 Å². The summed E-state index contributed by atoms with van der Waals surface area (Å²) in [5, 5.41) is 3.13. The summed E-state index contributed by atoms with van der Waals surface area (Å²) >= 11 is 1.47. The number of nitrogens with zero attached hydrogens (tertiary/aromatic N) is 3. The van der Waals surface area contributed by atoms with Crippen molar-refractivity contribution in [1.29, 1.82) is 0 Å². The van der Waals surface area contributed by atoms with Crippen LogP contribution in [0, 0.1) is 6.92 Å². The lowest BCUT2D eigenvalue weighted by atomic mass is 9.94. The molecule has 2 aliphatic heterocycles. The zero-order valence-corrected chi connectivity index (χ0v) is 26.7. The topological polar surface area (TPSA) is 55.9 Å². The van der Waals surface area contributed by atoms with Gasteiger partial charge in [0.1, 0.15) is 0 Å². The fourth-order valence-corrected chi connectivity index (χ4v) is 7.75. The SMILES string of the molecule is Cc1cccc(CN2C(=O)C(=Cc3ccccc3)Sc3ccc(C(=O)NCCCN4CCN(C5CCCCC5)CC4)cc32)c1. The molecule has 7 heteroatoms. The molecule has 1 aliphatic carbocycles. The number of carbonyl (C=O) groups is 2. The summed E-state index contributed by atoms with van der Waals surface area (Å²) in [6, 6.07) is 24.7. The molecule has 0 radical (unpaired) electrons. The minimum Gasteiger partial charge on any atom is -0.352 e.